The summed E-state index contributed by atoms with van der Waals surface area (Å²) in [7, 11) is 0. The van der Waals surface area contributed by atoms with Gasteiger partial charge in [-0.3, -0.25) is 4.79 Å². The van der Waals surface area contributed by atoms with Crippen LogP contribution >= 0.6 is 0 Å². The van der Waals surface area contributed by atoms with Gasteiger partial charge in [0.05, 0.1) is 19.8 Å². The van der Waals surface area contributed by atoms with Crippen molar-refractivity contribution >= 4 is 5.97 Å². The van der Waals surface area contributed by atoms with E-state index in [0.29, 0.717) is 13.0 Å². The zero-order valence-corrected chi connectivity index (χ0v) is 37.3. The van der Waals surface area contributed by atoms with Gasteiger partial charge in [-0.15, -0.1) is 0 Å². The molecule has 1 fully saturated rings. The average molecular weight is 823 g/mol. The van der Waals surface area contributed by atoms with Crippen molar-refractivity contribution < 1.29 is 44.2 Å². The van der Waals surface area contributed by atoms with Gasteiger partial charge in [0, 0.05) is 13.0 Å². The number of hydrogen-bond acceptors (Lipinski definition) is 9. The molecule has 0 bridgehead atoms. The summed E-state index contributed by atoms with van der Waals surface area (Å²) in [5, 5.41) is 40.1. The third-order valence-electron chi connectivity index (χ3n) is 11.0. The fourth-order valence-electron chi connectivity index (χ4n) is 7.23. The summed E-state index contributed by atoms with van der Waals surface area (Å²) in [4.78, 5) is 12.8. The monoisotopic (exact) mass is 823 g/mol. The van der Waals surface area contributed by atoms with Crippen molar-refractivity contribution in [1.29, 1.82) is 0 Å². The molecular weight excluding hydrogens is 733 g/mol. The van der Waals surface area contributed by atoms with E-state index >= 15 is 0 Å². The van der Waals surface area contributed by atoms with Crippen LogP contribution in [0.5, 0.6) is 0 Å². The number of aliphatic hydroxyl groups excluding tert-OH is 4. The maximum atomic E-state index is 12.8. The minimum Gasteiger partial charge on any atom is -0.457 e. The number of ether oxygens (including phenoxy) is 4. The van der Waals surface area contributed by atoms with Crippen molar-refractivity contribution in [3.8, 4) is 0 Å². The standard InChI is InChI=1S/C49H90O9/c1-3-5-7-9-11-13-15-17-19-20-21-22-23-24-25-26-28-30-32-34-36-38-45(51)57-43(42-56-49-48(54)47(53)46(52)44(40-50)58-49)41-55-39-37-35-33-31-29-27-18-16-14-12-10-8-6-4-2/h8,10,14,16,20-21,43-44,46-50,52-54H,3-7,9,11-13,15,17-19,22-42H2,1-2H3/b10-8-,16-14-,21-20-. The van der Waals surface area contributed by atoms with Crippen molar-refractivity contribution in [2.75, 3.05) is 26.4 Å². The summed E-state index contributed by atoms with van der Waals surface area (Å²) in [5.41, 5.74) is 0. The van der Waals surface area contributed by atoms with Crippen LogP contribution < -0.4 is 0 Å². The Kier molecular flexibility index (Phi) is 38.3. The molecule has 0 aliphatic carbocycles. The van der Waals surface area contributed by atoms with Crippen molar-refractivity contribution in [3.05, 3.63) is 36.5 Å². The van der Waals surface area contributed by atoms with Gasteiger partial charge in [-0.1, -0.05) is 172 Å². The summed E-state index contributed by atoms with van der Waals surface area (Å²) in [5.74, 6) is -0.319. The van der Waals surface area contributed by atoms with Crippen molar-refractivity contribution in [1.82, 2.24) is 0 Å². The highest BCUT2D eigenvalue weighted by atomic mass is 16.7. The van der Waals surface area contributed by atoms with Crippen LogP contribution in [0.15, 0.2) is 36.5 Å². The Labute approximate surface area is 355 Å². The van der Waals surface area contributed by atoms with E-state index in [2.05, 4.69) is 50.3 Å². The number of unbranched alkanes of at least 4 members (excludes halogenated alkanes) is 24. The molecule has 9 nitrogen and oxygen atoms in total. The van der Waals surface area contributed by atoms with Gasteiger partial charge in [0.1, 0.15) is 30.5 Å². The molecule has 4 N–H and O–H groups in total. The third-order valence-corrected chi connectivity index (χ3v) is 11.0. The normalized spacial score (nSPS) is 20.6. The quantitative estimate of drug-likeness (QED) is 0.0270. The molecule has 6 atom stereocenters. The first kappa shape index (κ1) is 54.4. The van der Waals surface area contributed by atoms with Gasteiger partial charge < -0.3 is 39.4 Å². The predicted octanol–water partition coefficient (Wildman–Crippen LogP) is 11.1. The van der Waals surface area contributed by atoms with Crippen LogP contribution in [0.2, 0.25) is 0 Å². The Morgan fingerprint density at radius 2 is 1.03 bits per heavy atom. The van der Waals surface area contributed by atoms with Gasteiger partial charge >= 0.3 is 5.97 Å². The highest BCUT2D eigenvalue weighted by Gasteiger charge is 2.44. The van der Waals surface area contributed by atoms with Gasteiger partial charge in [0.2, 0.25) is 0 Å². The highest BCUT2D eigenvalue weighted by Crippen LogP contribution is 2.23. The molecule has 9 heteroatoms. The number of carbonyl (C=O) groups excluding carboxylic acids is 1. The molecule has 0 aromatic carbocycles. The molecule has 1 aliphatic rings. The first-order valence-corrected chi connectivity index (χ1v) is 24.1. The molecule has 0 aromatic rings. The molecule has 6 unspecified atom stereocenters. The first-order chi connectivity index (χ1) is 28.4. The van der Waals surface area contributed by atoms with Crippen LogP contribution in [0.1, 0.15) is 206 Å². The van der Waals surface area contributed by atoms with Gasteiger partial charge in [-0.2, -0.15) is 0 Å². The van der Waals surface area contributed by atoms with Gasteiger partial charge in [-0.05, 0) is 64.2 Å². The lowest BCUT2D eigenvalue weighted by Crippen LogP contribution is -2.59. The largest absolute Gasteiger partial charge is 0.457 e. The number of rotatable bonds is 41. The second kappa shape index (κ2) is 40.8. The fraction of sp³-hybridized carbons (Fsp3) is 0.857. The molecule has 0 spiro atoms. The van der Waals surface area contributed by atoms with Gasteiger partial charge in [-0.25, -0.2) is 0 Å². The molecule has 58 heavy (non-hydrogen) atoms. The Hall–Kier alpha value is -1.59. The number of hydrogen-bond donors (Lipinski definition) is 4. The average Bonchev–Trinajstić information content (AvgIpc) is 3.22. The zero-order valence-electron chi connectivity index (χ0n) is 37.3. The predicted molar refractivity (Wildman–Crippen MR) is 238 cm³/mol. The van der Waals surface area contributed by atoms with Gasteiger partial charge in [0.25, 0.3) is 0 Å². The van der Waals surface area contributed by atoms with Crippen LogP contribution in [0.25, 0.3) is 0 Å². The molecule has 1 heterocycles. The molecule has 1 rings (SSSR count). The van der Waals surface area contributed by atoms with Crippen LogP contribution in [0.3, 0.4) is 0 Å². The van der Waals surface area contributed by atoms with E-state index in [1.807, 2.05) is 0 Å². The molecule has 340 valence electrons. The minimum atomic E-state index is -1.54. The second-order valence-corrected chi connectivity index (χ2v) is 16.6. The zero-order chi connectivity index (χ0) is 42.2. The number of allylic oxidation sites excluding steroid dienone is 6. The Morgan fingerprint density at radius 1 is 0.552 bits per heavy atom. The number of aliphatic hydroxyl groups is 4. The van der Waals surface area contributed by atoms with Gasteiger partial charge in [0.15, 0.2) is 6.29 Å². The fourth-order valence-corrected chi connectivity index (χ4v) is 7.23. The summed E-state index contributed by atoms with van der Waals surface area (Å²) in [6.07, 6.45) is 41.7. The maximum absolute atomic E-state index is 12.8. The second-order valence-electron chi connectivity index (χ2n) is 16.6. The number of esters is 1. The van der Waals surface area contributed by atoms with Crippen LogP contribution in [-0.4, -0.2) is 89.6 Å². The summed E-state index contributed by atoms with van der Waals surface area (Å²) in [6.45, 7) is 4.49. The van der Waals surface area contributed by atoms with Crippen molar-refractivity contribution in [2.45, 2.75) is 243 Å². The molecule has 0 aromatic heterocycles. The minimum absolute atomic E-state index is 0.118. The third kappa shape index (κ3) is 31.3. The molecule has 1 saturated heterocycles. The molecule has 0 amide bonds. The van der Waals surface area contributed by atoms with Crippen molar-refractivity contribution in [2.24, 2.45) is 0 Å². The molecule has 0 radical (unpaired) electrons. The van der Waals surface area contributed by atoms with E-state index in [1.54, 1.807) is 0 Å². The Balaban J connectivity index is 2.22. The summed E-state index contributed by atoms with van der Waals surface area (Å²) < 4.78 is 22.8. The van der Waals surface area contributed by atoms with E-state index in [1.165, 1.54) is 128 Å². The topological polar surface area (TPSA) is 135 Å². The first-order valence-electron chi connectivity index (χ1n) is 24.1. The van der Waals surface area contributed by atoms with E-state index in [0.717, 1.165) is 57.8 Å². The summed E-state index contributed by atoms with van der Waals surface area (Å²) in [6, 6.07) is 0. The smallest absolute Gasteiger partial charge is 0.306 e. The lowest BCUT2D eigenvalue weighted by atomic mass is 9.99. The van der Waals surface area contributed by atoms with Crippen LogP contribution in [0, 0.1) is 0 Å². The lowest BCUT2D eigenvalue weighted by Gasteiger charge is -2.39. The molecular formula is C49H90O9. The van der Waals surface area contributed by atoms with Crippen LogP contribution in [0.4, 0.5) is 0 Å². The lowest BCUT2D eigenvalue weighted by molar-refractivity contribution is -0.305. The van der Waals surface area contributed by atoms with E-state index in [9.17, 15) is 25.2 Å². The maximum Gasteiger partial charge on any atom is 0.306 e. The van der Waals surface area contributed by atoms with Crippen molar-refractivity contribution in [3.63, 3.8) is 0 Å². The molecule has 0 saturated carbocycles. The summed E-state index contributed by atoms with van der Waals surface area (Å²) >= 11 is 0. The highest BCUT2D eigenvalue weighted by molar-refractivity contribution is 5.69. The van der Waals surface area contributed by atoms with E-state index < -0.39 is 43.4 Å². The molecule has 1 aliphatic heterocycles. The van der Waals surface area contributed by atoms with Crippen LogP contribution in [-0.2, 0) is 23.7 Å². The van der Waals surface area contributed by atoms with E-state index in [-0.39, 0.29) is 19.2 Å². The van der Waals surface area contributed by atoms with E-state index in [4.69, 9.17) is 18.9 Å². The Bertz CT molecular complexity index is 983. The Morgan fingerprint density at radius 3 is 1.57 bits per heavy atom. The number of carbonyl (C=O) groups is 1. The SMILES string of the molecule is CCC/C=C\C/C=C\CCCCCCCCOCC(COC1OC(CO)C(O)C(O)C1O)OC(=O)CCCCCCCCCCC/C=C\CCCCCCCCCC.